The zero-order valence-corrected chi connectivity index (χ0v) is 25.8. The Bertz CT molecular complexity index is 1920. The van der Waals surface area contributed by atoms with Crippen molar-refractivity contribution in [3.05, 3.63) is 72.2 Å². The number of aldehydes is 1. The van der Waals surface area contributed by atoms with Crippen LogP contribution in [0.2, 0.25) is 0 Å². The highest BCUT2D eigenvalue weighted by molar-refractivity contribution is 6.23. The molecule has 0 bridgehead atoms. The third-order valence-electron chi connectivity index (χ3n) is 8.40. The van der Waals surface area contributed by atoms with E-state index in [-0.39, 0.29) is 48.2 Å². The van der Waals surface area contributed by atoms with Crippen LogP contribution in [0.1, 0.15) is 52.4 Å². The molecule has 2 aromatic carbocycles. The Kier molecular flexibility index (Phi) is 9.29. The predicted molar refractivity (Wildman–Crippen MR) is 170 cm³/mol. The molecule has 48 heavy (non-hydrogen) atoms. The molecule has 2 aliphatic rings. The number of likely N-dealkylation sites (tertiary alicyclic amines) is 1. The minimum Gasteiger partial charge on any atom is -0.368 e. The normalized spacial score (nSPS) is 15.4. The molecule has 5 amide bonds. The summed E-state index contributed by atoms with van der Waals surface area (Å²) in [6, 6.07) is 10.6. The van der Waals surface area contributed by atoms with Crippen molar-refractivity contribution < 1.29 is 33.5 Å². The molecule has 15 nitrogen and oxygen atoms in total. The van der Waals surface area contributed by atoms with Crippen LogP contribution in [-0.4, -0.2) is 97.7 Å². The SMILES string of the molecule is NC(=O)C(CCC=O)N1C(=O)c2ccc(NC(=O)COCC(=O)N3CCC(n4cc(-c5cnc6ccccc6n5)cn4)CC3)cc2C1=O. The average Bonchev–Trinajstić information content (AvgIpc) is 3.68. The first kappa shape index (κ1) is 32.1. The van der Waals surface area contributed by atoms with Crippen molar-refractivity contribution in [2.24, 2.45) is 5.73 Å². The van der Waals surface area contributed by atoms with Gasteiger partial charge in [0.15, 0.2) is 0 Å². The van der Waals surface area contributed by atoms with E-state index in [1.54, 1.807) is 17.3 Å². The minimum absolute atomic E-state index is 0.0108. The van der Waals surface area contributed by atoms with Gasteiger partial charge in [0, 0.05) is 37.0 Å². The number of nitrogens with two attached hydrogens (primary N) is 1. The molecule has 1 unspecified atom stereocenters. The third-order valence-corrected chi connectivity index (χ3v) is 8.40. The van der Waals surface area contributed by atoms with E-state index >= 15 is 0 Å². The van der Waals surface area contributed by atoms with E-state index in [2.05, 4.69) is 20.4 Å². The Morgan fingerprint density at radius 3 is 2.50 bits per heavy atom. The fourth-order valence-electron chi connectivity index (χ4n) is 5.91. The molecule has 0 aliphatic carbocycles. The number of ether oxygens (including phenoxy) is 1. The molecule has 2 aliphatic heterocycles. The summed E-state index contributed by atoms with van der Waals surface area (Å²) in [4.78, 5) is 85.4. The van der Waals surface area contributed by atoms with Crippen molar-refractivity contribution in [3.63, 3.8) is 0 Å². The molecule has 1 atom stereocenters. The van der Waals surface area contributed by atoms with E-state index in [1.165, 1.54) is 18.2 Å². The topological polar surface area (TPSA) is 200 Å². The molecular weight excluding hydrogens is 620 g/mol. The molecule has 0 saturated carbocycles. The molecular formula is C33H32N8O7. The molecule has 0 radical (unpaired) electrons. The zero-order valence-electron chi connectivity index (χ0n) is 25.8. The van der Waals surface area contributed by atoms with Gasteiger partial charge in [0.25, 0.3) is 11.8 Å². The molecule has 3 N–H and O–H groups in total. The fourth-order valence-corrected chi connectivity index (χ4v) is 5.91. The minimum atomic E-state index is -1.27. The largest absolute Gasteiger partial charge is 0.368 e. The van der Waals surface area contributed by atoms with Crippen molar-refractivity contribution in [3.8, 4) is 11.3 Å². The Labute approximate surface area is 274 Å². The number of nitrogens with one attached hydrogen (secondary N) is 1. The Morgan fingerprint density at radius 2 is 1.75 bits per heavy atom. The summed E-state index contributed by atoms with van der Waals surface area (Å²) in [6.07, 6.45) is 7.27. The monoisotopic (exact) mass is 652 g/mol. The van der Waals surface area contributed by atoms with Crippen LogP contribution in [0.15, 0.2) is 61.1 Å². The van der Waals surface area contributed by atoms with E-state index < -0.39 is 36.3 Å². The molecule has 246 valence electrons. The van der Waals surface area contributed by atoms with Gasteiger partial charge in [0.1, 0.15) is 25.5 Å². The second-order valence-corrected chi connectivity index (χ2v) is 11.5. The van der Waals surface area contributed by atoms with Crippen molar-refractivity contribution >= 4 is 52.5 Å². The maximum atomic E-state index is 13.0. The number of carbonyl (C=O) groups excluding carboxylic acids is 6. The number of hydrogen-bond donors (Lipinski definition) is 2. The van der Waals surface area contributed by atoms with Crippen molar-refractivity contribution in [1.29, 1.82) is 0 Å². The Hall–Kier alpha value is -5.83. The smallest absolute Gasteiger partial charge is 0.262 e. The highest BCUT2D eigenvalue weighted by atomic mass is 16.5. The number of piperidine rings is 1. The summed E-state index contributed by atoms with van der Waals surface area (Å²) < 4.78 is 7.28. The summed E-state index contributed by atoms with van der Waals surface area (Å²) in [5.41, 5.74) is 8.87. The number of anilines is 1. The first-order chi connectivity index (χ1) is 23.2. The number of amides is 5. The van der Waals surface area contributed by atoms with Gasteiger partial charge in [0.05, 0.1) is 46.3 Å². The van der Waals surface area contributed by atoms with E-state index in [9.17, 15) is 28.8 Å². The first-order valence-electron chi connectivity index (χ1n) is 15.4. The number of benzene rings is 2. The van der Waals surface area contributed by atoms with Crippen LogP contribution in [0, 0.1) is 0 Å². The standard InChI is InChI=1S/C33H32N8O7/c34-31(45)28(6-3-13-42)41-32(46)23-8-7-21(14-24(23)33(41)47)37-29(43)18-48-19-30(44)39-11-9-22(10-12-39)40-17-20(15-36-40)27-16-35-25-4-1-2-5-26(25)38-27/h1-2,4-5,7-8,13-17,22,28H,3,6,9-12,18-19H2,(H2,34,45)(H,37,43). The molecule has 4 aromatic rings. The fraction of sp³-hybridized carbons (Fsp3) is 0.303. The van der Waals surface area contributed by atoms with E-state index in [0.717, 1.165) is 27.2 Å². The quantitative estimate of drug-likeness (QED) is 0.168. The van der Waals surface area contributed by atoms with Gasteiger partial charge in [-0.05, 0) is 49.6 Å². The van der Waals surface area contributed by atoms with Gasteiger partial charge in [-0.3, -0.25) is 38.5 Å². The number of rotatable bonds is 12. The van der Waals surface area contributed by atoms with Gasteiger partial charge >= 0.3 is 0 Å². The Balaban J connectivity index is 0.960. The summed E-state index contributed by atoms with van der Waals surface area (Å²) >= 11 is 0. The van der Waals surface area contributed by atoms with Gasteiger partial charge in [0.2, 0.25) is 17.7 Å². The van der Waals surface area contributed by atoms with Crippen LogP contribution in [0.4, 0.5) is 5.69 Å². The summed E-state index contributed by atoms with van der Waals surface area (Å²) in [6.45, 7) is 0.316. The summed E-state index contributed by atoms with van der Waals surface area (Å²) in [5.74, 6) is -3.18. The molecule has 1 fully saturated rings. The second kappa shape index (κ2) is 13.9. The lowest BCUT2D eigenvalue weighted by Gasteiger charge is -2.32. The summed E-state index contributed by atoms with van der Waals surface area (Å²) in [7, 11) is 0. The molecule has 0 spiro atoms. The van der Waals surface area contributed by atoms with Gasteiger partial charge in [-0.25, -0.2) is 4.98 Å². The van der Waals surface area contributed by atoms with Crippen LogP contribution in [0.5, 0.6) is 0 Å². The first-order valence-corrected chi connectivity index (χ1v) is 15.4. The van der Waals surface area contributed by atoms with E-state index in [1.807, 2.05) is 35.1 Å². The molecule has 6 rings (SSSR count). The van der Waals surface area contributed by atoms with Gasteiger partial charge in [-0.2, -0.15) is 5.10 Å². The highest BCUT2D eigenvalue weighted by Crippen LogP contribution is 2.29. The van der Waals surface area contributed by atoms with Crippen LogP contribution in [0.25, 0.3) is 22.3 Å². The number of hydrogen-bond acceptors (Lipinski definition) is 10. The molecule has 15 heteroatoms. The van der Waals surface area contributed by atoms with E-state index in [4.69, 9.17) is 10.5 Å². The zero-order chi connectivity index (χ0) is 33.8. The van der Waals surface area contributed by atoms with E-state index in [0.29, 0.717) is 32.2 Å². The Morgan fingerprint density at radius 1 is 1.00 bits per heavy atom. The maximum Gasteiger partial charge on any atom is 0.262 e. The van der Waals surface area contributed by atoms with Crippen molar-refractivity contribution in [1.82, 2.24) is 29.5 Å². The number of fused-ring (bicyclic) bond motifs is 2. The second-order valence-electron chi connectivity index (χ2n) is 11.5. The van der Waals surface area contributed by atoms with Crippen LogP contribution in [0.3, 0.4) is 0 Å². The van der Waals surface area contributed by atoms with Crippen LogP contribution >= 0.6 is 0 Å². The van der Waals surface area contributed by atoms with Crippen molar-refractivity contribution in [2.75, 3.05) is 31.6 Å². The maximum absolute atomic E-state index is 13.0. The predicted octanol–water partition coefficient (Wildman–Crippen LogP) is 1.74. The lowest BCUT2D eigenvalue weighted by molar-refractivity contribution is -0.138. The van der Waals surface area contributed by atoms with Crippen LogP contribution < -0.4 is 11.1 Å². The molecule has 1 saturated heterocycles. The number of nitrogens with zero attached hydrogens (tertiary/aromatic N) is 6. The lowest BCUT2D eigenvalue weighted by Crippen LogP contribution is -2.47. The van der Waals surface area contributed by atoms with Gasteiger partial charge in [-0.1, -0.05) is 12.1 Å². The molecule has 2 aromatic heterocycles. The molecule has 4 heterocycles. The third kappa shape index (κ3) is 6.66. The summed E-state index contributed by atoms with van der Waals surface area (Å²) in [5, 5.41) is 7.11. The number of carbonyl (C=O) groups is 6. The van der Waals surface area contributed by atoms with Crippen molar-refractivity contribution in [2.45, 2.75) is 37.8 Å². The number of para-hydroxylation sites is 2. The van der Waals surface area contributed by atoms with Crippen LogP contribution in [-0.2, 0) is 23.9 Å². The van der Waals surface area contributed by atoms with Gasteiger partial charge < -0.3 is 25.5 Å². The number of aromatic nitrogens is 4. The van der Waals surface area contributed by atoms with Gasteiger partial charge in [-0.15, -0.1) is 0 Å². The number of imide groups is 1. The number of primary amides is 1. The highest BCUT2D eigenvalue weighted by Gasteiger charge is 2.42. The average molecular weight is 653 g/mol. The lowest BCUT2D eigenvalue weighted by atomic mass is 10.1.